The number of nitrogens with one attached hydrogen (secondary N) is 1. The highest BCUT2D eigenvalue weighted by atomic mass is 35.5. The van der Waals surface area contributed by atoms with Crippen LogP contribution >= 0.6 is 35.6 Å². The zero-order valence-corrected chi connectivity index (χ0v) is 17.5. The van der Waals surface area contributed by atoms with Gasteiger partial charge in [0.2, 0.25) is 0 Å². The second-order valence-electron chi connectivity index (χ2n) is 6.15. The second-order valence-corrected chi connectivity index (χ2v) is 6.99. The summed E-state index contributed by atoms with van der Waals surface area (Å²) in [7, 11) is 0. The third-order valence-corrected chi connectivity index (χ3v) is 4.80. The van der Waals surface area contributed by atoms with Gasteiger partial charge in [-0.2, -0.15) is 0 Å². The summed E-state index contributed by atoms with van der Waals surface area (Å²) in [6, 6.07) is 20.0. The quantitative estimate of drug-likeness (QED) is 0.406. The smallest absolute Gasteiger partial charge is 0.126 e. The van der Waals surface area contributed by atoms with Gasteiger partial charge in [-0.1, -0.05) is 65.7 Å². The van der Waals surface area contributed by atoms with Crippen LogP contribution in [-0.2, 0) is 19.6 Å². The molecule has 0 aliphatic carbocycles. The first kappa shape index (κ1) is 22.5. The van der Waals surface area contributed by atoms with Crippen molar-refractivity contribution >= 4 is 35.6 Å². The van der Waals surface area contributed by atoms with E-state index in [0.29, 0.717) is 41.7 Å². The van der Waals surface area contributed by atoms with Crippen LogP contribution in [0.4, 0.5) is 4.39 Å². The Balaban J connectivity index is 0.00000280. The first-order valence-electron chi connectivity index (χ1n) is 8.72. The first-order valence-corrected chi connectivity index (χ1v) is 9.48. The van der Waals surface area contributed by atoms with Crippen molar-refractivity contribution in [2.24, 2.45) is 0 Å². The Morgan fingerprint density at radius 3 is 2.32 bits per heavy atom. The molecule has 0 spiro atoms. The first-order chi connectivity index (χ1) is 13.1. The van der Waals surface area contributed by atoms with Crippen LogP contribution in [0.15, 0.2) is 66.7 Å². The molecule has 0 aliphatic rings. The standard InChI is InChI=1S/C22H20Cl2FNO.ClH/c23-19-10-9-18(20(24)13-19)15-27-22-8-4-2-6-17(22)14-26-12-11-16-5-1-3-7-21(16)25;/h1-10,13,26H,11-12,14-15H2;1H. The Morgan fingerprint density at radius 1 is 0.857 bits per heavy atom. The van der Waals surface area contributed by atoms with Gasteiger partial charge in [-0.15, -0.1) is 12.4 Å². The molecule has 0 aromatic heterocycles. The highest BCUT2D eigenvalue weighted by Crippen LogP contribution is 2.24. The number of ether oxygens (including phenoxy) is 1. The lowest BCUT2D eigenvalue weighted by atomic mass is 10.1. The minimum Gasteiger partial charge on any atom is -0.489 e. The molecule has 0 amide bonds. The van der Waals surface area contributed by atoms with Gasteiger partial charge < -0.3 is 10.1 Å². The lowest BCUT2D eigenvalue weighted by molar-refractivity contribution is 0.302. The molecule has 0 saturated carbocycles. The van der Waals surface area contributed by atoms with Crippen molar-refractivity contribution < 1.29 is 9.13 Å². The van der Waals surface area contributed by atoms with E-state index in [1.807, 2.05) is 42.5 Å². The normalized spacial score (nSPS) is 10.4. The predicted molar refractivity (Wildman–Crippen MR) is 116 cm³/mol. The van der Waals surface area contributed by atoms with Gasteiger partial charge >= 0.3 is 0 Å². The Kier molecular flexibility index (Phi) is 9.07. The maximum Gasteiger partial charge on any atom is 0.126 e. The summed E-state index contributed by atoms with van der Waals surface area (Å²) in [5.74, 6) is 0.629. The Labute approximate surface area is 181 Å². The molecule has 6 heteroatoms. The fraction of sp³-hybridized carbons (Fsp3) is 0.182. The SMILES string of the molecule is Cl.Fc1ccccc1CCNCc1ccccc1OCc1ccc(Cl)cc1Cl. The zero-order chi connectivity index (χ0) is 19.1. The van der Waals surface area contributed by atoms with Crippen molar-refractivity contribution in [2.45, 2.75) is 19.6 Å². The summed E-state index contributed by atoms with van der Waals surface area (Å²) in [6.07, 6.45) is 0.635. The lowest BCUT2D eigenvalue weighted by Crippen LogP contribution is -2.17. The number of hydrogen-bond donors (Lipinski definition) is 1. The third kappa shape index (κ3) is 6.39. The van der Waals surface area contributed by atoms with Gasteiger partial charge in [0.15, 0.2) is 0 Å². The number of halogens is 4. The molecule has 0 fully saturated rings. The van der Waals surface area contributed by atoms with Crippen molar-refractivity contribution in [2.75, 3.05) is 6.54 Å². The van der Waals surface area contributed by atoms with E-state index in [0.717, 1.165) is 16.9 Å². The van der Waals surface area contributed by atoms with Crippen LogP contribution in [0.25, 0.3) is 0 Å². The molecule has 0 aliphatic heterocycles. The highest BCUT2D eigenvalue weighted by Gasteiger charge is 2.07. The number of benzene rings is 3. The largest absolute Gasteiger partial charge is 0.489 e. The summed E-state index contributed by atoms with van der Waals surface area (Å²) in [4.78, 5) is 0. The highest BCUT2D eigenvalue weighted by molar-refractivity contribution is 6.35. The number of rotatable bonds is 8. The fourth-order valence-corrected chi connectivity index (χ4v) is 3.20. The van der Waals surface area contributed by atoms with Crippen LogP contribution in [0, 0.1) is 5.82 Å². The maximum absolute atomic E-state index is 13.7. The Bertz CT molecular complexity index is 904. The number of hydrogen-bond acceptors (Lipinski definition) is 2. The molecule has 3 rings (SSSR count). The molecular weight excluding hydrogens is 420 g/mol. The van der Waals surface area contributed by atoms with Gasteiger partial charge in [-0.05, 0) is 42.8 Å². The molecule has 3 aromatic carbocycles. The molecule has 0 saturated heterocycles. The van der Waals surface area contributed by atoms with Crippen LogP contribution < -0.4 is 10.1 Å². The minimum absolute atomic E-state index is 0. The monoisotopic (exact) mass is 439 g/mol. The van der Waals surface area contributed by atoms with Crippen molar-refractivity contribution in [3.05, 3.63) is 99.3 Å². The molecule has 3 aromatic rings. The predicted octanol–water partition coefficient (Wildman–Crippen LogP) is 6.47. The van der Waals surface area contributed by atoms with E-state index >= 15 is 0 Å². The summed E-state index contributed by atoms with van der Waals surface area (Å²) >= 11 is 12.1. The van der Waals surface area contributed by atoms with Crippen LogP contribution in [-0.4, -0.2) is 6.54 Å². The van der Waals surface area contributed by atoms with Crippen LogP contribution in [0.1, 0.15) is 16.7 Å². The van der Waals surface area contributed by atoms with Gasteiger partial charge in [-0.3, -0.25) is 0 Å². The summed E-state index contributed by atoms with van der Waals surface area (Å²) in [5.41, 5.74) is 2.63. The third-order valence-electron chi connectivity index (χ3n) is 4.22. The van der Waals surface area contributed by atoms with Gasteiger partial charge in [0.25, 0.3) is 0 Å². The maximum atomic E-state index is 13.7. The number of para-hydroxylation sites is 1. The van der Waals surface area contributed by atoms with Crippen molar-refractivity contribution in [3.8, 4) is 5.75 Å². The molecule has 0 heterocycles. The van der Waals surface area contributed by atoms with Crippen LogP contribution in [0.5, 0.6) is 5.75 Å². The molecule has 0 unspecified atom stereocenters. The van der Waals surface area contributed by atoms with Gasteiger partial charge in [-0.25, -0.2) is 4.39 Å². The van der Waals surface area contributed by atoms with E-state index in [2.05, 4.69) is 5.32 Å². The fourth-order valence-electron chi connectivity index (χ4n) is 2.73. The lowest BCUT2D eigenvalue weighted by Gasteiger charge is -2.13. The summed E-state index contributed by atoms with van der Waals surface area (Å²) in [6.45, 7) is 1.68. The Hall–Kier alpha value is -1.78. The van der Waals surface area contributed by atoms with Crippen LogP contribution in [0.2, 0.25) is 10.0 Å². The molecular formula is C22H21Cl3FNO. The zero-order valence-electron chi connectivity index (χ0n) is 15.1. The Morgan fingerprint density at radius 2 is 1.57 bits per heavy atom. The molecule has 1 N–H and O–H groups in total. The molecule has 0 atom stereocenters. The molecule has 148 valence electrons. The van der Waals surface area contributed by atoms with Crippen LogP contribution in [0.3, 0.4) is 0 Å². The average Bonchev–Trinajstić information content (AvgIpc) is 2.67. The van der Waals surface area contributed by atoms with Crippen molar-refractivity contribution in [1.29, 1.82) is 0 Å². The van der Waals surface area contributed by atoms with E-state index in [-0.39, 0.29) is 18.2 Å². The van der Waals surface area contributed by atoms with E-state index in [1.165, 1.54) is 6.07 Å². The van der Waals surface area contributed by atoms with E-state index < -0.39 is 0 Å². The van der Waals surface area contributed by atoms with E-state index in [4.69, 9.17) is 27.9 Å². The molecule has 2 nitrogen and oxygen atoms in total. The second kappa shape index (κ2) is 11.3. The summed E-state index contributed by atoms with van der Waals surface area (Å²) in [5, 5.41) is 4.53. The van der Waals surface area contributed by atoms with Gasteiger partial charge in [0.1, 0.15) is 18.2 Å². The van der Waals surface area contributed by atoms with E-state index in [1.54, 1.807) is 18.2 Å². The summed E-state index contributed by atoms with van der Waals surface area (Å²) < 4.78 is 19.6. The van der Waals surface area contributed by atoms with E-state index in [9.17, 15) is 4.39 Å². The van der Waals surface area contributed by atoms with Gasteiger partial charge in [0.05, 0.1) is 0 Å². The van der Waals surface area contributed by atoms with Crippen molar-refractivity contribution in [3.63, 3.8) is 0 Å². The topological polar surface area (TPSA) is 21.3 Å². The minimum atomic E-state index is -0.164. The van der Waals surface area contributed by atoms with Crippen molar-refractivity contribution in [1.82, 2.24) is 5.32 Å². The average molecular weight is 441 g/mol. The molecule has 28 heavy (non-hydrogen) atoms. The molecule has 0 bridgehead atoms. The van der Waals surface area contributed by atoms with Gasteiger partial charge in [0, 0.05) is 27.7 Å². The molecule has 0 radical (unpaired) electrons.